The molecule has 1 saturated carbocycles. The van der Waals surface area contributed by atoms with Crippen LogP contribution >= 0.6 is 0 Å². The summed E-state index contributed by atoms with van der Waals surface area (Å²) in [6.45, 7) is 2.24. The fourth-order valence-electron chi connectivity index (χ4n) is 1.60. The first-order valence-corrected chi connectivity index (χ1v) is 3.31. The fourth-order valence-corrected chi connectivity index (χ4v) is 1.60. The summed E-state index contributed by atoms with van der Waals surface area (Å²) in [5.41, 5.74) is 6.12. The Hall–Kier alpha value is -0.0800. The third kappa shape index (κ3) is 0.501. The van der Waals surface area contributed by atoms with Crippen molar-refractivity contribution < 1.29 is 0 Å². The topological polar surface area (TPSA) is 38.0 Å². The molecule has 0 aromatic rings. The minimum absolute atomic E-state index is 0.234. The van der Waals surface area contributed by atoms with E-state index >= 15 is 0 Å². The summed E-state index contributed by atoms with van der Waals surface area (Å²) in [5.74, 6) is 0.865. The predicted octanol–water partition coefficient (Wildman–Crippen LogP) is -0.303. The lowest BCUT2D eigenvalue weighted by Crippen LogP contribution is -2.42. The summed E-state index contributed by atoms with van der Waals surface area (Å²) >= 11 is 0. The lowest BCUT2D eigenvalue weighted by atomic mass is 10.1. The van der Waals surface area contributed by atoms with Crippen molar-refractivity contribution in [3.05, 3.63) is 0 Å². The average molecular weight is 112 g/mol. The summed E-state index contributed by atoms with van der Waals surface area (Å²) in [6, 6.07) is 0. The van der Waals surface area contributed by atoms with E-state index < -0.39 is 0 Å². The van der Waals surface area contributed by atoms with Crippen LogP contribution in [0, 0.1) is 5.92 Å². The molecule has 0 spiro atoms. The number of rotatable bonds is 0. The van der Waals surface area contributed by atoms with Gasteiger partial charge in [-0.05, 0) is 25.3 Å². The molecule has 0 aromatic heterocycles. The second-order valence-electron chi connectivity index (χ2n) is 3.10. The van der Waals surface area contributed by atoms with E-state index in [9.17, 15) is 0 Å². The predicted molar refractivity (Wildman–Crippen MR) is 32.5 cm³/mol. The molecular weight excluding hydrogens is 100 g/mol. The van der Waals surface area contributed by atoms with Gasteiger partial charge in [0.15, 0.2) is 0 Å². The maximum atomic E-state index is 5.89. The maximum absolute atomic E-state index is 5.89. The number of nitrogens with one attached hydrogen (secondary N) is 1. The monoisotopic (exact) mass is 112 g/mol. The zero-order valence-electron chi connectivity index (χ0n) is 4.98. The summed E-state index contributed by atoms with van der Waals surface area (Å²) in [6.07, 6.45) is 2.57. The van der Waals surface area contributed by atoms with E-state index in [4.69, 9.17) is 5.73 Å². The Kier molecular flexibility index (Phi) is 0.746. The van der Waals surface area contributed by atoms with E-state index in [0.717, 1.165) is 12.5 Å². The Bertz CT molecular complexity index is 111. The molecule has 2 aliphatic rings. The highest BCUT2D eigenvalue weighted by molar-refractivity contribution is 5.11. The third-order valence-corrected chi connectivity index (χ3v) is 2.40. The van der Waals surface area contributed by atoms with E-state index in [1.807, 2.05) is 0 Å². The van der Waals surface area contributed by atoms with Gasteiger partial charge >= 0.3 is 0 Å². The van der Waals surface area contributed by atoms with Gasteiger partial charge in [0.25, 0.3) is 0 Å². The van der Waals surface area contributed by atoms with Crippen LogP contribution in [0.2, 0.25) is 0 Å². The summed E-state index contributed by atoms with van der Waals surface area (Å²) in [7, 11) is 0. The highest BCUT2D eigenvalue weighted by atomic mass is 15.0. The number of hydrogen-bond donors (Lipinski definition) is 2. The molecule has 2 fully saturated rings. The zero-order chi connectivity index (χ0) is 5.61. The van der Waals surface area contributed by atoms with Crippen LogP contribution in [0.5, 0.6) is 0 Å². The Morgan fingerprint density at radius 1 is 1.62 bits per heavy atom. The molecule has 2 nitrogen and oxygen atoms in total. The van der Waals surface area contributed by atoms with Crippen molar-refractivity contribution in [2.75, 3.05) is 13.1 Å². The highest BCUT2D eigenvalue weighted by Crippen LogP contribution is 2.44. The summed E-state index contributed by atoms with van der Waals surface area (Å²) in [4.78, 5) is 0. The van der Waals surface area contributed by atoms with Crippen LogP contribution in [0.1, 0.15) is 12.8 Å². The molecule has 2 atom stereocenters. The molecule has 1 aliphatic heterocycles. The molecule has 2 heteroatoms. The molecule has 1 aliphatic carbocycles. The van der Waals surface area contributed by atoms with Crippen LogP contribution < -0.4 is 11.1 Å². The Morgan fingerprint density at radius 2 is 2.50 bits per heavy atom. The molecular formula is C6H12N2. The van der Waals surface area contributed by atoms with Gasteiger partial charge in [-0.2, -0.15) is 0 Å². The first-order chi connectivity index (χ1) is 3.81. The minimum atomic E-state index is 0.234. The SMILES string of the molecule is N[C@@]12CNCC[C@@H]1C2. The van der Waals surface area contributed by atoms with Gasteiger partial charge < -0.3 is 11.1 Å². The smallest absolute Gasteiger partial charge is 0.0313 e. The Morgan fingerprint density at radius 3 is 3.00 bits per heavy atom. The van der Waals surface area contributed by atoms with Crippen LogP contribution in [-0.2, 0) is 0 Å². The van der Waals surface area contributed by atoms with E-state index in [1.54, 1.807) is 0 Å². The average Bonchev–Trinajstić information content (AvgIpc) is 2.39. The molecule has 1 saturated heterocycles. The Balaban J connectivity index is 2.04. The Labute approximate surface area is 49.4 Å². The van der Waals surface area contributed by atoms with E-state index in [0.29, 0.717) is 0 Å². The molecule has 0 bridgehead atoms. The number of nitrogens with two attached hydrogens (primary N) is 1. The van der Waals surface area contributed by atoms with E-state index in [2.05, 4.69) is 5.32 Å². The normalized spacial score (nSPS) is 52.9. The molecule has 46 valence electrons. The van der Waals surface area contributed by atoms with Crippen molar-refractivity contribution >= 4 is 0 Å². The fraction of sp³-hybridized carbons (Fsp3) is 1.00. The van der Waals surface area contributed by atoms with Crippen molar-refractivity contribution in [3.63, 3.8) is 0 Å². The molecule has 3 N–H and O–H groups in total. The van der Waals surface area contributed by atoms with Gasteiger partial charge in [0, 0.05) is 12.1 Å². The summed E-state index contributed by atoms with van der Waals surface area (Å²) in [5, 5.41) is 3.29. The second-order valence-corrected chi connectivity index (χ2v) is 3.10. The first-order valence-electron chi connectivity index (χ1n) is 3.31. The van der Waals surface area contributed by atoms with Crippen molar-refractivity contribution in [3.8, 4) is 0 Å². The van der Waals surface area contributed by atoms with Gasteiger partial charge in [-0.15, -0.1) is 0 Å². The van der Waals surface area contributed by atoms with Crippen LogP contribution in [0.25, 0.3) is 0 Å². The van der Waals surface area contributed by atoms with Gasteiger partial charge in [-0.25, -0.2) is 0 Å². The summed E-state index contributed by atoms with van der Waals surface area (Å²) < 4.78 is 0. The van der Waals surface area contributed by atoms with Gasteiger partial charge in [0.05, 0.1) is 0 Å². The van der Waals surface area contributed by atoms with Crippen molar-refractivity contribution in [2.45, 2.75) is 18.4 Å². The molecule has 8 heavy (non-hydrogen) atoms. The standard InChI is InChI=1S/C6H12N2/c7-6-3-5(6)1-2-8-4-6/h5,8H,1-4,7H2/t5-,6+/m1/s1. The largest absolute Gasteiger partial charge is 0.324 e. The molecule has 1 heterocycles. The molecule has 0 radical (unpaired) electrons. The molecule has 2 rings (SSSR count). The lowest BCUT2D eigenvalue weighted by molar-refractivity contribution is 0.446. The van der Waals surface area contributed by atoms with Crippen LogP contribution in [-0.4, -0.2) is 18.6 Å². The number of piperidine rings is 1. The molecule has 0 unspecified atom stereocenters. The minimum Gasteiger partial charge on any atom is -0.324 e. The molecule has 0 amide bonds. The maximum Gasteiger partial charge on any atom is 0.0313 e. The second kappa shape index (κ2) is 1.25. The number of hydrogen-bond acceptors (Lipinski definition) is 2. The van der Waals surface area contributed by atoms with Gasteiger partial charge in [-0.3, -0.25) is 0 Å². The van der Waals surface area contributed by atoms with Crippen LogP contribution in [0.3, 0.4) is 0 Å². The molecule has 0 aromatic carbocycles. The van der Waals surface area contributed by atoms with Crippen LogP contribution in [0.4, 0.5) is 0 Å². The van der Waals surface area contributed by atoms with Crippen molar-refractivity contribution in [2.24, 2.45) is 11.7 Å². The van der Waals surface area contributed by atoms with Crippen molar-refractivity contribution in [1.82, 2.24) is 5.32 Å². The van der Waals surface area contributed by atoms with E-state index in [-0.39, 0.29) is 5.54 Å². The van der Waals surface area contributed by atoms with Crippen LogP contribution in [0.15, 0.2) is 0 Å². The lowest BCUT2D eigenvalue weighted by Gasteiger charge is -2.17. The van der Waals surface area contributed by atoms with E-state index in [1.165, 1.54) is 19.4 Å². The highest BCUT2D eigenvalue weighted by Gasteiger charge is 2.51. The van der Waals surface area contributed by atoms with Gasteiger partial charge in [0.2, 0.25) is 0 Å². The first kappa shape index (κ1) is 4.77. The zero-order valence-corrected chi connectivity index (χ0v) is 4.98. The van der Waals surface area contributed by atoms with Crippen molar-refractivity contribution in [1.29, 1.82) is 0 Å². The third-order valence-electron chi connectivity index (χ3n) is 2.40. The quantitative estimate of drug-likeness (QED) is 0.451. The van der Waals surface area contributed by atoms with Gasteiger partial charge in [0.1, 0.15) is 0 Å². The van der Waals surface area contributed by atoms with Gasteiger partial charge in [-0.1, -0.05) is 0 Å². The number of fused-ring (bicyclic) bond motifs is 1.